The average Bonchev–Trinajstić information content (AvgIpc) is 3.20. The van der Waals surface area contributed by atoms with Gasteiger partial charge in [0, 0.05) is 51.1 Å². The lowest BCUT2D eigenvalue weighted by Crippen LogP contribution is -2.33. The Kier molecular flexibility index (Phi) is 8.25. The second-order valence-corrected chi connectivity index (χ2v) is 9.41. The smallest absolute Gasteiger partial charge is 0.270 e. The molecule has 9 nitrogen and oxygen atoms in total. The third-order valence-electron chi connectivity index (χ3n) is 6.24. The predicted octanol–water partition coefficient (Wildman–Crippen LogP) is 5.06. The van der Waals surface area contributed by atoms with E-state index in [1.807, 2.05) is 29.8 Å². The number of hydrogen-bond donors (Lipinski definition) is 3. The van der Waals surface area contributed by atoms with Crippen LogP contribution in [0.25, 0.3) is 11.0 Å². The number of fused-ring (bicyclic) bond motifs is 1. The first-order valence-electron chi connectivity index (χ1n) is 12.8. The molecule has 0 radical (unpaired) electrons. The number of aryl methyl sites for hydroxylation is 2. The molecule has 0 spiro atoms. The molecule has 2 aromatic heterocycles. The van der Waals surface area contributed by atoms with Crippen molar-refractivity contribution in [2.45, 2.75) is 40.0 Å². The maximum Gasteiger partial charge on any atom is 0.270 e. The molecule has 0 bridgehead atoms. The minimum atomic E-state index is -0.343. The zero-order valence-corrected chi connectivity index (χ0v) is 22.5. The maximum absolute atomic E-state index is 12.4. The number of nitrogens with zero attached hydrogens (tertiary/aromatic N) is 3. The molecule has 0 aliphatic carbocycles. The van der Waals surface area contributed by atoms with Gasteiger partial charge in [-0.1, -0.05) is 26.8 Å². The Balaban J connectivity index is 1.48. The molecule has 0 saturated heterocycles. The van der Waals surface area contributed by atoms with Crippen molar-refractivity contribution in [1.82, 2.24) is 25.2 Å². The van der Waals surface area contributed by atoms with Gasteiger partial charge in [0.1, 0.15) is 17.2 Å². The number of carbonyl (C=O) groups excluding carboxylic acids is 2. The van der Waals surface area contributed by atoms with Crippen LogP contribution in [0.2, 0.25) is 0 Å². The van der Waals surface area contributed by atoms with Crippen LogP contribution in [0.3, 0.4) is 0 Å². The van der Waals surface area contributed by atoms with E-state index < -0.39 is 0 Å². The predicted molar refractivity (Wildman–Crippen MR) is 149 cm³/mol. The third-order valence-corrected chi connectivity index (χ3v) is 6.24. The summed E-state index contributed by atoms with van der Waals surface area (Å²) in [6.07, 6.45) is 2.53. The average molecular weight is 515 g/mol. The Morgan fingerprint density at radius 1 is 1.00 bits per heavy atom. The van der Waals surface area contributed by atoms with Crippen molar-refractivity contribution >= 4 is 34.5 Å². The Morgan fingerprint density at radius 3 is 2.50 bits per heavy atom. The molecule has 0 aliphatic heterocycles. The fraction of sp³-hybridized carbons (Fsp3) is 0.310. The Labute approximate surface area is 222 Å². The molecular weight excluding hydrogens is 480 g/mol. The van der Waals surface area contributed by atoms with Crippen LogP contribution in [0.15, 0.2) is 54.7 Å². The van der Waals surface area contributed by atoms with Gasteiger partial charge in [0.05, 0.1) is 11.0 Å². The van der Waals surface area contributed by atoms with Gasteiger partial charge in [-0.25, -0.2) is 4.98 Å². The number of pyridine rings is 1. The first-order chi connectivity index (χ1) is 18.2. The lowest BCUT2D eigenvalue weighted by Gasteiger charge is -2.14. The van der Waals surface area contributed by atoms with Crippen molar-refractivity contribution in [3.05, 3.63) is 71.5 Å². The molecule has 2 amide bonds. The van der Waals surface area contributed by atoms with Crippen molar-refractivity contribution in [1.29, 1.82) is 0 Å². The molecule has 4 rings (SSSR count). The SMILES string of the molecule is CCc1ccc(Nc2nc3cc(Oc4ccnc(C(=O)NCCNC(C)=O)c4)ccc3n2C)cc1C(C)C. The van der Waals surface area contributed by atoms with E-state index in [1.54, 1.807) is 12.1 Å². The number of amides is 2. The van der Waals surface area contributed by atoms with Crippen molar-refractivity contribution in [2.75, 3.05) is 18.4 Å². The monoisotopic (exact) mass is 514 g/mol. The molecule has 2 aromatic carbocycles. The third kappa shape index (κ3) is 6.29. The fourth-order valence-corrected chi connectivity index (χ4v) is 4.26. The van der Waals surface area contributed by atoms with Gasteiger partial charge in [0.15, 0.2) is 0 Å². The molecule has 38 heavy (non-hydrogen) atoms. The number of benzene rings is 2. The molecular formula is C29H34N6O3. The van der Waals surface area contributed by atoms with E-state index >= 15 is 0 Å². The molecule has 0 unspecified atom stereocenters. The normalized spacial score (nSPS) is 11.0. The highest BCUT2D eigenvalue weighted by molar-refractivity contribution is 5.92. The molecule has 198 valence electrons. The van der Waals surface area contributed by atoms with Crippen LogP contribution < -0.4 is 20.7 Å². The van der Waals surface area contributed by atoms with Crippen molar-refractivity contribution in [3.8, 4) is 11.5 Å². The second-order valence-electron chi connectivity index (χ2n) is 9.41. The number of carbonyl (C=O) groups is 2. The number of imidazole rings is 1. The molecule has 0 fully saturated rings. The number of ether oxygens (including phenoxy) is 1. The van der Waals surface area contributed by atoms with Crippen LogP contribution in [-0.2, 0) is 18.3 Å². The summed E-state index contributed by atoms with van der Waals surface area (Å²) < 4.78 is 8.03. The van der Waals surface area contributed by atoms with Crippen LogP contribution in [0.5, 0.6) is 11.5 Å². The van der Waals surface area contributed by atoms with Crippen molar-refractivity contribution in [2.24, 2.45) is 7.05 Å². The molecule has 2 heterocycles. The highest BCUT2D eigenvalue weighted by Gasteiger charge is 2.13. The number of rotatable bonds is 10. The standard InChI is InChI=1S/C29H34N6O3/c1-6-20-7-8-21(15-24(20)18(2)3)33-29-34-25-16-22(9-10-27(25)35(29)5)38-23-11-12-31-26(17-23)28(37)32-14-13-30-19(4)36/h7-12,15-18H,6,13-14H2,1-5H3,(H,30,36)(H,32,37)(H,33,34). The lowest BCUT2D eigenvalue weighted by molar-refractivity contribution is -0.118. The largest absolute Gasteiger partial charge is 0.457 e. The minimum absolute atomic E-state index is 0.147. The number of aromatic nitrogens is 3. The summed E-state index contributed by atoms with van der Waals surface area (Å²) in [5.41, 5.74) is 5.67. The van der Waals surface area contributed by atoms with E-state index in [0.29, 0.717) is 30.5 Å². The van der Waals surface area contributed by atoms with Gasteiger partial charge in [-0.05, 0) is 53.8 Å². The summed E-state index contributed by atoms with van der Waals surface area (Å²) in [4.78, 5) is 32.3. The van der Waals surface area contributed by atoms with E-state index in [0.717, 1.165) is 29.1 Å². The minimum Gasteiger partial charge on any atom is -0.457 e. The summed E-state index contributed by atoms with van der Waals surface area (Å²) in [6, 6.07) is 15.4. The van der Waals surface area contributed by atoms with Gasteiger partial charge in [-0.3, -0.25) is 14.6 Å². The highest BCUT2D eigenvalue weighted by atomic mass is 16.5. The van der Waals surface area contributed by atoms with Gasteiger partial charge in [0.25, 0.3) is 5.91 Å². The zero-order chi connectivity index (χ0) is 27.2. The molecule has 0 atom stereocenters. The second kappa shape index (κ2) is 11.8. The van der Waals surface area contributed by atoms with Crippen molar-refractivity contribution in [3.63, 3.8) is 0 Å². The summed E-state index contributed by atoms with van der Waals surface area (Å²) in [6.45, 7) is 8.68. The van der Waals surface area contributed by atoms with E-state index in [2.05, 4.69) is 59.9 Å². The Hall–Kier alpha value is -4.40. The zero-order valence-electron chi connectivity index (χ0n) is 22.5. The first kappa shape index (κ1) is 26.7. The first-order valence-corrected chi connectivity index (χ1v) is 12.8. The summed E-state index contributed by atoms with van der Waals surface area (Å²) in [7, 11) is 1.97. The van der Waals surface area contributed by atoms with Gasteiger partial charge in [-0.15, -0.1) is 0 Å². The lowest BCUT2D eigenvalue weighted by atomic mass is 9.95. The quantitative estimate of drug-likeness (QED) is 0.255. The molecule has 3 N–H and O–H groups in total. The summed E-state index contributed by atoms with van der Waals surface area (Å²) in [5, 5.41) is 8.81. The van der Waals surface area contributed by atoms with Crippen molar-refractivity contribution < 1.29 is 14.3 Å². The highest BCUT2D eigenvalue weighted by Crippen LogP contribution is 2.30. The topological polar surface area (TPSA) is 110 Å². The van der Waals surface area contributed by atoms with E-state index in [4.69, 9.17) is 9.72 Å². The summed E-state index contributed by atoms with van der Waals surface area (Å²) in [5.74, 6) is 1.77. The Bertz CT molecular complexity index is 1460. The van der Waals surface area contributed by atoms with Gasteiger partial charge >= 0.3 is 0 Å². The van der Waals surface area contributed by atoms with Crippen LogP contribution >= 0.6 is 0 Å². The van der Waals surface area contributed by atoms with E-state index in [-0.39, 0.29) is 17.5 Å². The van der Waals surface area contributed by atoms with Crippen LogP contribution in [-0.4, -0.2) is 39.4 Å². The maximum atomic E-state index is 12.4. The number of hydrogen-bond acceptors (Lipinski definition) is 6. The number of nitrogens with one attached hydrogen (secondary N) is 3. The van der Waals surface area contributed by atoms with Crippen LogP contribution in [0, 0.1) is 0 Å². The van der Waals surface area contributed by atoms with Gasteiger partial charge in [0.2, 0.25) is 11.9 Å². The summed E-state index contributed by atoms with van der Waals surface area (Å²) >= 11 is 0. The van der Waals surface area contributed by atoms with E-state index in [9.17, 15) is 9.59 Å². The van der Waals surface area contributed by atoms with E-state index in [1.165, 1.54) is 24.2 Å². The Morgan fingerprint density at radius 2 is 1.76 bits per heavy atom. The van der Waals surface area contributed by atoms with Gasteiger partial charge in [-0.2, -0.15) is 0 Å². The van der Waals surface area contributed by atoms with Crippen LogP contribution in [0.4, 0.5) is 11.6 Å². The molecule has 0 aliphatic rings. The number of anilines is 2. The molecule has 4 aromatic rings. The van der Waals surface area contributed by atoms with Gasteiger partial charge < -0.3 is 25.3 Å². The fourth-order valence-electron chi connectivity index (χ4n) is 4.26. The molecule has 9 heteroatoms. The molecule has 0 saturated carbocycles. The van der Waals surface area contributed by atoms with Crippen LogP contribution in [0.1, 0.15) is 55.2 Å².